The Kier molecular flexibility index (Phi) is 7.57. The van der Waals surface area contributed by atoms with Crippen LogP contribution < -0.4 is 15.6 Å². The quantitative estimate of drug-likeness (QED) is 0.120. The Hall–Kier alpha value is -4.24. The summed E-state index contributed by atoms with van der Waals surface area (Å²) in [4.78, 5) is 0. The zero-order valence-electron chi connectivity index (χ0n) is 24.9. The van der Waals surface area contributed by atoms with E-state index in [1.807, 2.05) is 0 Å². The van der Waals surface area contributed by atoms with Crippen molar-refractivity contribution in [1.82, 2.24) is 0 Å². The first kappa shape index (κ1) is 27.6. The van der Waals surface area contributed by atoms with Gasteiger partial charge in [-0.05, 0) is 69.1 Å². The molecule has 1 unspecified atom stereocenters. The molecular weight excluding hydrogens is 537 g/mol. The van der Waals surface area contributed by atoms with Gasteiger partial charge < -0.3 is 4.43 Å². The van der Waals surface area contributed by atoms with Crippen molar-refractivity contribution in [2.75, 3.05) is 6.61 Å². The Morgan fingerprint density at radius 1 is 0.651 bits per heavy atom. The van der Waals surface area contributed by atoms with Gasteiger partial charge in [0, 0.05) is 12.0 Å². The van der Waals surface area contributed by atoms with E-state index < -0.39 is 8.32 Å². The zero-order valence-corrected chi connectivity index (χ0v) is 25.9. The molecule has 212 valence electrons. The standard InChI is InChI=1S/C41H38OSi/c1-2-41(33-18-13-14-19-33,40-28-16-27-38-37-26-15-12-17-32(37)31-39(38)40)29-30-42-43(34-20-6-3-7-21-34,35-22-8-4-9-23-35)36-24-10-5-11-25-36/h3-18,20-28H,2,19,29-31H2,1H3. The number of rotatable bonds is 10. The van der Waals surface area contributed by atoms with E-state index in [4.69, 9.17) is 4.43 Å². The highest BCUT2D eigenvalue weighted by Gasteiger charge is 2.44. The van der Waals surface area contributed by atoms with Crippen molar-refractivity contribution in [2.45, 2.75) is 38.0 Å². The van der Waals surface area contributed by atoms with Crippen LogP contribution in [-0.4, -0.2) is 14.9 Å². The van der Waals surface area contributed by atoms with Gasteiger partial charge in [0.2, 0.25) is 0 Å². The molecular formula is C41H38OSi. The summed E-state index contributed by atoms with van der Waals surface area (Å²) in [6.07, 6.45) is 10.9. The summed E-state index contributed by atoms with van der Waals surface area (Å²) in [5.74, 6) is 0. The summed E-state index contributed by atoms with van der Waals surface area (Å²) in [6, 6.07) is 48.8. The summed E-state index contributed by atoms with van der Waals surface area (Å²) in [5, 5.41) is 3.85. The van der Waals surface area contributed by atoms with Crippen molar-refractivity contribution in [2.24, 2.45) is 0 Å². The Morgan fingerprint density at radius 3 is 1.81 bits per heavy atom. The van der Waals surface area contributed by atoms with Crippen molar-refractivity contribution in [3.63, 3.8) is 0 Å². The minimum Gasteiger partial charge on any atom is -0.404 e. The molecule has 0 saturated carbocycles. The van der Waals surface area contributed by atoms with Gasteiger partial charge in [0.25, 0.3) is 8.32 Å². The lowest BCUT2D eigenvalue weighted by molar-refractivity contribution is 0.269. The maximum absolute atomic E-state index is 7.50. The Balaban J connectivity index is 1.32. The predicted molar refractivity (Wildman–Crippen MR) is 183 cm³/mol. The molecule has 0 N–H and O–H groups in total. The van der Waals surface area contributed by atoms with Crippen molar-refractivity contribution in [3.8, 4) is 11.1 Å². The fraction of sp³-hybridized carbons (Fsp3) is 0.171. The molecule has 0 fully saturated rings. The Bertz CT molecular complexity index is 1670. The SMILES string of the molecule is CCC(CCO[Si](c1ccccc1)(c1ccccc1)c1ccccc1)(C1=CC=CC1)c1cccc2c1Cc1ccccc1-2. The number of hydrogen-bond donors (Lipinski definition) is 0. The van der Waals surface area contributed by atoms with E-state index in [-0.39, 0.29) is 5.41 Å². The number of benzene rings is 5. The molecule has 0 radical (unpaired) electrons. The first-order chi connectivity index (χ1) is 21.3. The Labute approximate surface area is 257 Å². The summed E-state index contributed by atoms with van der Waals surface area (Å²) in [7, 11) is -2.78. The van der Waals surface area contributed by atoms with Crippen LogP contribution in [0.3, 0.4) is 0 Å². The van der Waals surface area contributed by atoms with Gasteiger partial charge in [-0.2, -0.15) is 0 Å². The topological polar surface area (TPSA) is 9.23 Å². The molecule has 2 aliphatic rings. The van der Waals surface area contributed by atoms with Gasteiger partial charge in [-0.1, -0.05) is 164 Å². The summed E-state index contributed by atoms with van der Waals surface area (Å²) in [6.45, 7) is 3.05. The number of hydrogen-bond acceptors (Lipinski definition) is 1. The number of fused-ring (bicyclic) bond motifs is 3. The molecule has 2 heteroatoms. The van der Waals surface area contributed by atoms with Crippen molar-refractivity contribution < 1.29 is 4.43 Å². The van der Waals surface area contributed by atoms with E-state index in [1.165, 1.54) is 49.0 Å². The normalized spacial score (nSPS) is 15.0. The van der Waals surface area contributed by atoms with Crippen LogP contribution in [0.25, 0.3) is 11.1 Å². The third kappa shape index (κ3) is 4.76. The molecule has 5 aromatic carbocycles. The minimum absolute atomic E-state index is 0.0961. The second-order valence-corrected chi connectivity index (χ2v) is 15.2. The third-order valence-electron chi connectivity index (χ3n) is 9.74. The van der Waals surface area contributed by atoms with Crippen LogP contribution in [0, 0.1) is 0 Å². The van der Waals surface area contributed by atoms with Crippen LogP contribution in [0.2, 0.25) is 0 Å². The lowest BCUT2D eigenvalue weighted by Crippen LogP contribution is -2.69. The van der Waals surface area contributed by atoms with Crippen LogP contribution in [0.4, 0.5) is 0 Å². The van der Waals surface area contributed by atoms with E-state index in [0.717, 1.165) is 25.7 Å². The fourth-order valence-corrected chi connectivity index (χ4v) is 11.5. The smallest absolute Gasteiger partial charge is 0.288 e. The van der Waals surface area contributed by atoms with Crippen molar-refractivity contribution >= 4 is 23.9 Å². The van der Waals surface area contributed by atoms with Crippen LogP contribution in [0.5, 0.6) is 0 Å². The van der Waals surface area contributed by atoms with E-state index in [1.54, 1.807) is 0 Å². The maximum atomic E-state index is 7.50. The van der Waals surface area contributed by atoms with Crippen LogP contribution >= 0.6 is 0 Å². The molecule has 0 amide bonds. The van der Waals surface area contributed by atoms with Gasteiger partial charge in [-0.25, -0.2) is 0 Å². The monoisotopic (exact) mass is 574 g/mol. The first-order valence-corrected chi connectivity index (χ1v) is 17.5. The average Bonchev–Trinajstić information content (AvgIpc) is 3.76. The molecule has 1 nitrogen and oxygen atoms in total. The molecule has 0 heterocycles. The molecule has 0 saturated heterocycles. The highest BCUT2D eigenvalue weighted by molar-refractivity contribution is 7.07. The summed E-state index contributed by atoms with van der Waals surface area (Å²) < 4.78 is 7.50. The third-order valence-corrected chi connectivity index (χ3v) is 13.8. The molecule has 0 aromatic heterocycles. The van der Waals surface area contributed by atoms with Gasteiger partial charge in [0.05, 0.1) is 0 Å². The lowest BCUT2D eigenvalue weighted by atomic mass is 9.67. The van der Waals surface area contributed by atoms with Gasteiger partial charge in [0.15, 0.2) is 0 Å². The first-order valence-electron chi connectivity index (χ1n) is 15.6. The van der Waals surface area contributed by atoms with Crippen molar-refractivity contribution in [3.05, 3.63) is 174 Å². The molecule has 7 rings (SSSR count). The second kappa shape index (κ2) is 11.8. The summed E-state index contributed by atoms with van der Waals surface area (Å²) >= 11 is 0. The van der Waals surface area contributed by atoms with Crippen molar-refractivity contribution in [1.29, 1.82) is 0 Å². The van der Waals surface area contributed by atoms with Crippen LogP contribution in [0.1, 0.15) is 42.9 Å². The van der Waals surface area contributed by atoms with E-state index >= 15 is 0 Å². The molecule has 43 heavy (non-hydrogen) atoms. The molecule has 0 aliphatic heterocycles. The van der Waals surface area contributed by atoms with E-state index in [2.05, 4.69) is 159 Å². The van der Waals surface area contributed by atoms with Gasteiger partial charge in [0.1, 0.15) is 0 Å². The highest BCUT2D eigenvalue weighted by Crippen LogP contribution is 2.48. The predicted octanol–water partition coefficient (Wildman–Crippen LogP) is 7.87. The Morgan fingerprint density at radius 2 is 1.23 bits per heavy atom. The highest BCUT2D eigenvalue weighted by atomic mass is 28.4. The van der Waals surface area contributed by atoms with E-state index in [0.29, 0.717) is 6.61 Å². The average molecular weight is 575 g/mol. The van der Waals surface area contributed by atoms with Crippen LogP contribution in [0.15, 0.2) is 157 Å². The molecule has 5 aromatic rings. The zero-order chi connectivity index (χ0) is 29.1. The molecule has 1 atom stereocenters. The molecule has 0 bridgehead atoms. The van der Waals surface area contributed by atoms with Gasteiger partial charge in [-0.15, -0.1) is 0 Å². The van der Waals surface area contributed by atoms with Gasteiger partial charge in [-0.3, -0.25) is 0 Å². The maximum Gasteiger partial charge on any atom is 0.288 e. The second-order valence-electron chi connectivity index (χ2n) is 11.8. The summed E-state index contributed by atoms with van der Waals surface area (Å²) in [5.41, 5.74) is 8.62. The number of allylic oxidation sites excluding steroid dienone is 4. The molecule has 2 aliphatic carbocycles. The van der Waals surface area contributed by atoms with Crippen LogP contribution in [-0.2, 0) is 16.3 Å². The fourth-order valence-electron chi connectivity index (χ4n) is 7.62. The van der Waals surface area contributed by atoms with Gasteiger partial charge >= 0.3 is 0 Å². The lowest BCUT2D eigenvalue weighted by Gasteiger charge is -2.39. The minimum atomic E-state index is -2.78. The van der Waals surface area contributed by atoms with E-state index in [9.17, 15) is 0 Å². The molecule has 0 spiro atoms. The largest absolute Gasteiger partial charge is 0.404 e.